The van der Waals surface area contributed by atoms with Crippen LogP contribution in [-0.4, -0.2) is 47.1 Å². The predicted molar refractivity (Wildman–Crippen MR) is 111 cm³/mol. The summed E-state index contributed by atoms with van der Waals surface area (Å²) in [5.41, 5.74) is 6.26. The molecule has 2 atom stereocenters. The maximum Gasteiger partial charge on any atom is 0.246 e. The topological polar surface area (TPSA) is 80.5 Å². The van der Waals surface area contributed by atoms with Crippen molar-refractivity contribution in [3.05, 3.63) is 10.6 Å². The molecule has 0 aromatic carbocycles. The molecule has 1 aromatic heterocycles. The molecule has 2 heterocycles. The van der Waals surface area contributed by atoms with Gasteiger partial charge in [0.25, 0.3) is 0 Å². The van der Waals surface area contributed by atoms with Gasteiger partial charge >= 0.3 is 0 Å². The number of likely N-dealkylation sites (N-methyl/N-ethyl adjacent to an activating group) is 1. The van der Waals surface area contributed by atoms with Gasteiger partial charge in [0.05, 0.1) is 11.8 Å². The first-order valence-electron chi connectivity index (χ1n) is 8.74. The maximum absolute atomic E-state index is 12.8. The number of anilines is 1. The fourth-order valence-corrected chi connectivity index (χ4v) is 4.65. The molecule has 0 spiro atoms. The summed E-state index contributed by atoms with van der Waals surface area (Å²) >= 11 is 1.57. The Labute approximate surface area is 172 Å². The lowest BCUT2D eigenvalue weighted by atomic mass is 9.54. The van der Waals surface area contributed by atoms with Crippen molar-refractivity contribution >= 4 is 47.2 Å². The fourth-order valence-electron chi connectivity index (χ4n) is 3.60. The third-order valence-electron chi connectivity index (χ3n) is 5.71. The van der Waals surface area contributed by atoms with E-state index in [0.29, 0.717) is 18.2 Å². The number of halogens is 2. The van der Waals surface area contributed by atoms with E-state index in [1.807, 2.05) is 20.8 Å². The summed E-state index contributed by atoms with van der Waals surface area (Å²) in [4.78, 5) is 21.0. The maximum atomic E-state index is 12.8. The Hall–Kier alpha value is -0.440. The Bertz CT molecular complexity index is 640. The zero-order chi connectivity index (χ0) is 17.5. The van der Waals surface area contributed by atoms with Gasteiger partial charge in [-0.1, -0.05) is 20.8 Å². The molecule has 2 unspecified atom stereocenters. The first kappa shape index (κ1) is 23.6. The summed E-state index contributed by atoms with van der Waals surface area (Å²) < 4.78 is 5.70. The Balaban J connectivity index is 0.00000169. The smallest absolute Gasteiger partial charge is 0.246 e. The van der Waals surface area contributed by atoms with Crippen LogP contribution < -0.4 is 11.1 Å². The second-order valence-electron chi connectivity index (χ2n) is 7.30. The molecule has 1 fully saturated rings. The SMILES string of the molecule is CCOC1CC(N)(C(=O)Nc2nc3c(s2)CN(CC)CC3)C1(C)C.Cl.Cl. The average molecular weight is 425 g/mol. The van der Waals surface area contributed by atoms with E-state index in [9.17, 15) is 4.79 Å². The summed E-state index contributed by atoms with van der Waals surface area (Å²) in [6.07, 6.45) is 1.52. The van der Waals surface area contributed by atoms with E-state index in [1.165, 1.54) is 4.88 Å². The monoisotopic (exact) mass is 424 g/mol. The van der Waals surface area contributed by atoms with Crippen LogP contribution in [0.15, 0.2) is 0 Å². The van der Waals surface area contributed by atoms with Crippen LogP contribution in [-0.2, 0) is 22.5 Å². The number of aromatic nitrogens is 1. The minimum Gasteiger partial charge on any atom is -0.378 e. The molecule has 26 heavy (non-hydrogen) atoms. The Morgan fingerprint density at radius 3 is 2.69 bits per heavy atom. The number of hydrogen-bond acceptors (Lipinski definition) is 6. The summed E-state index contributed by atoms with van der Waals surface area (Å²) in [6.45, 7) is 11.8. The highest BCUT2D eigenvalue weighted by Gasteiger charge is 2.63. The number of ether oxygens (including phenoxy) is 1. The van der Waals surface area contributed by atoms with Crippen molar-refractivity contribution < 1.29 is 9.53 Å². The Morgan fingerprint density at radius 1 is 1.42 bits per heavy atom. The van der Waals surface area contributed by atoms with Crippen molar-refractivity contribution in [1.29, 1.82) is 0 Å². The van der Waals surface area contributed by atoms with E-state index in [4.69, 9.17) is 10.5 Å². The molecule has 9 heteroatoms. The van der Waals surface area contributed by atoms with Gasteiger partial charge in [0.1, 0.15) is 5.54 Å². The molecule has 1 saturated carbocycles. The molecule has 0 bridgehead atoms. The summed E-state index contributed by atoms with van der Waals surface area (Å²) in [5, 5.41) is 3.63. The van der Waals surface area contributed by atoms with Crippen LogP contribution in [0.3, 0.4) is 0 Å². The Morgan fingerprint density at radius 2 is 2.12 bits per heavy atom. The number of nitrogens with zero attached hydrogens (tertiary/aromatic N) is 2. The number of hydrogen-bond donors (Lipinski definition) is 2. The van der Waals surface area contributed by atoms with Crippen LogP contribution in [0, 0.1) is 5.41 Å². The standard InChI is InChI=1S/C17H28N4O2S.2ClH/c1-5-21-8-7-11-12(10-21)24-15(19-11)20-14(22)17(18)9-13(23-6-2)16(17,3)4;;/h13H,5-10,18H2,1-4H3,(H,19,20,22);2*1H. The van der Waals surface area contributed by atoms with Gasteiger partial charge in [0, 0.05) is 42.8 Å². The number of carbonyl (C=O) groups is 1. The van der Waals surface area contributed by atoms with Gasteiger partial charge in [-0.3, -0.25) is 9.69 Å². The van der Waals surface area contributed by atoms with Gasteiger partial charge < -0.3 is 15.8 Å². The number of rotatable bonds is 5. The summed E-state index contributed by atoms with van der Waals surface area (Å²) in [7, 11) is 0. The van der Waals surface area contributed by atoms with Crippen molar-refractivity contribution in [3.63, 3.8) is 0 Å². The lowest BCUT2D eigenvalue weighted by Gasteiger charge is -2.57. The Kier molecular flexibility index (Phi) is 7.91. The van der Waals surface area contributed by atoms with E-state index in [2.05, 4.69) is 22.1 Å². The molecule has 1 amide bonds. The van der Waals surface area contributed by atoms with Crippen LogP contribution in [0.4, 0.5) is 5.13 Å². The number of nitrogens with one attached hydrogen (secondary N) is 1. The van der Waals surface area contributed by atoms with Crippen LogP contribution in [0.25, 0.3) is 0 Å². The van der Waals surface area contributed by atoms with Gasteiger partial charge in [-0.2, -0.15) is 0 Å². The highest BCUT2D eigenvalue weighted by atomic mass is 35.5. The zero-order valence-electron chi connectivity index (χ0n) is 15.8. The van der Waals surface area contributed by atoms with Crippen LogP contribution in [0.5, 0.6) is 0 Å². The largest absolute Gasteiger partial charge is 0.378 e. The van der Waals surface area contributed by atoms with Crippen LogP contribution in [0.2, 0.25) is 0 Å². The minimum absolute atomic E-state index is 0. The van der Waals surface area contributed by atoms with Gasteiger partial charge in [-0.15, -0.1) is 36.2 Å². The first-order chi connectivity index (χ1) is 11.3. The van der Waals surface area contributed by atoms with E-state index in [0.717, 1.165) is 31.7 Å². The van der Waals surface area contributed by atoms with Crippen LogP contribution >= 0.6 is 36.2 Å². The molecule has 0 saturated heterocycles. The van der Waals surface area contributed by atoms with Gasteiger partial charge in [0.15, 0.2) is 5.13 Å². The molecular weight excluding hydrogens is 395 g/mol. The number of amides is 1. The molecule has 3 rings (SSSR count). The van der Waals surface area contributed by atoms with Gasteiger partial charge in [-0.25, -0.2) is 4.98 Å². The van der Waals surface area contributed by atoms with Gasteiger partial charge in [0.2, 0.25) is 5.91 Å². The first-order valence-corrected chi connectivity index (χ1v) is 9.56. The van der Waals surface area contributed by atoms with E-state index >= 15 is 0 Å². The van der Waals surface area contributed by atoms with Crippen molar-refractivity contribution in [2.75, 3.05) is 25.0 Å². The average Bonchev–Trinajstić information content (AvgIpc) is 2.95. The lowest BCUT2D eigenvalue weighted by Crippen LogP contribution is -2.74. The lowest BCUT2D eigenvalue weighted by molar-refractivity contribution is -0.166. The van der Waals surface area contributed by atoms with Crippen molar-refractivity contribution in [2.24, 2.45) is 11.1 Å². The summed E-state index contributed by atoms with van der Waals surface area (Å²) in [5.74, 6) is -0.151. The minimum atomic E-state index is -0.908. The van der Waals surface area contributed by atoms with Gasteiger partial charge in [-0.05, 0) is 13.5 Å². The third-order valence-corrected chi connectivity index (χ3v) is 6.71. The van der Waals surface area contributed by atoms with Crippen molar-refractivity contribution in [2.45, 2.75) is 58.7 Å². The van der Waals surface area contributed by atoms with E-state index < -0.39 is 5.54 Å². The molecule has 150 valence electrons. The van der Waals surface area contributed by atoms with E-state index in [1.54, 1.807) is 11.3 Å². The highest BCUT2D eigenvalue weighted by Crippen LogP contribution is 2.50. The van der Waals surface area contributed by atoms with E-state index in [-0.39, 0.29) is 42.2 Å². The normalized spacial score (nSPS) is 26.7. The molecule has 2 aliphatic rings. The number of carbonyl (C=O) groups excluding carboxylic acids is 1. The molecule has 1 aliphatic carbocycles. The quantitative estimate of drug-likeness (QED) is 0.759. The van der Waals surface area contributed by atoms with Crippen molar-refractivity contribution in [3.8, 4) is 0 Å². The number of fused-ring (bicyclic) bond motifs is 1. The van der Waals surface area contributed by atoms with Crippen molar-refractivity contribution in [1.82, 2.24) is 9.88 Å². The molecule has 0 radical (unpaired) electrons. The zero-order valence-corrected chi connectivity index (χ0v) is 18.3. The number of nitrogens with two attached hydrogens (primary N) is 1. The number of thiazole rings is 1. The summed E-state index contributed by atoms with van der Waals surface area (Å²) in [6, 6.07) is 0. The molecule has 1 aliphatic heterocycles. The second kappa shape index (κ2) is 8.71. The third kappa shape index (κ3) is 3.88. The molecule has 3 N–H and O–H groups in total. The highest BCUT2D eigenvalue weighted by molar-refractivity contribution is 7.15. The molecule has 1 aromatic rings. The molecule has 6 nitrogen and oxygen atoms in total. The fraction of sp³-hybridized carbons (Fsp3) is 0.765. The second-order valence-corrected chi connectivity index (χ2v) is 8.39. The molecular formula is C17H30Cl2N4O2S. The van der Waals surface area contributed by atoms with Crippen LogP contribution in [0.1, 0.15) is 44.7 Å². The predicted octanol–water partition coefficient (Wildman–Crippen LogP) is 2.84.